The molecule has 7 heteroatoms. The van der Waals surface area contributed by atoms with Gasteiger partial charge in [0.25, 0.3) is 0 Å². The van der Waals surface area contributed by atoms with E-state index < -0.39 is 16.0 Å². The highest BCUT2D eigenvalue weighted by Gasteiger charge is 2.44. The van der Waals surface area contributed by atoms with E-state index in [1.54, 1.807) is 37.3 Å². The summed E-state index contributed by atoms with van der Waals surface area (Å²) in [6.45, 7) is 2.17. The monoisotopic (exact) mass is 335 g/mol. The molecule has 0 saturated carbocycles. The van der Waals surface area contributed by atoms with Gasteiger partial charge in [-0.15, -0.1) is 0 Å². The fraction of sp³-hybridized carbons (Fsp3) is 0.250. The minimum atomic E-state index is -3.91. The normalized spacial score (nSPS) is 17.2. The second-order valence-electron chi connectivity index (χ2n) is 5.43. The number of anilines is 3. The second kappa shape index (κ2) is 5.82. The Labute approximate surface area is 135 Å². The molecule has 5 nitrogen and oxygen atoms in total. The summed E-state index contributed by atoms with van der Waals surface area (Å²) in [4.78, 5) is 0. The van der Waals surface area contributed by atoms with Crippen molar-refractivity contribution in [3.05, 3.63) is 54.3 Å². The molecule has 0 aliphatic carbocycles. The number of hydrogen-bond donors (Lipinski definition) is 1. The van der Waals surface area contributed by atoms with Gasteiger partial charge in [0.2, 0.25) is 0 Å². The SMILES string of the molecule is CC(CCN)N1c2ccccc2N(c2ccccc2F)S1(=O)=O. The number of fused-ring (bicyclic) bond motifs is 1. The Kier molecular flexibility index (Phi) is 3.99. The van der Waals surface area contributed by atoms with Crippen molar-refractivity contribution in [1.82, 2.24) is 0 Å². The largest absolute Gasteiger partial charge is 0.331 e. The zero-order valence-corrected chi connectivity index (χ0v) is 13.5. The Hall–Kier alpha value is -2.12. The van der Waals surface area contributed by atoms with Crippen LogP contribution >= 0.6 is 0 Å². The van der Waals surface area contributed by atoms with Crippen LogP contribution in [0.3, 0.4) is 0 Å². The van der Waals surface area contributed by atoms with Crippen molar-refractivity contribution in [2.24, 2.45) is 5.73 Å². The molecule has 1 aliphatic rings. The summed E-state index contributed by atoms with van der Waals surface area (Å²) >= 11 is 0. The molecular weight excluding hydrogens is 317 g/mol. The molecule has 1 heterocycles. The third kappa shape index (κ3) is 2.46. The van der Waals surface area contributed by atoms with Crippen LogP contribution in [0.25, 0.3) is 0 Å². The molecule has 1 unspecified atom stereocenters. The first-order valence-corrected chi connectivity index (χ1v) is 8.76. The maximum atomic E-state index is 14.2. The molecule has 3 rings (SSSR count). The van der Waals surface area contributed by atoms with Crippen molar-refractivity contribution in [3.8, 4) is 0 Å². The van der Waals surface area contributed by atoms with Crippen molar-refractivity contribution >= 4 is 27.3 Å². The van der Waals surface area contributed by atoms with E-state index in [0.717, 1.165) is 4.31 Å². The number of benzene rings is 2. The average molecular weight is 335 g/mol. The highest BCUT2D eigenvalue weighted by Crippen LogP contribution is 2.46. The van der Waals surface area contributed by atoms with Gasteiger partial charge in [0.1, 0.15) is 5.82 Å². The lowest BCUT2D eigenvalue weighted by Gasteiger charge is -2.26. The number of nitrogens with two attached hydrogens (primary N) is 1. The van der Waals surface area contributed by atoms with Crippen molar-refractivity contribution in [3.63, 3.8) is 0 Å². The second-order valence-corrected chi connectivity index (χ2v) is 7.09. The maximum Gasteiger partial charge on any atom is 0.331 e. The van der Waals surface area contributed by atoms with E-state index in [2.05, 4.69) is 0 Å². The van der Waals surface area contributed by atoms with Gasteiger partial charge in [0, 0.05) is 6.04 Å². The molecule has 1 atom stereocenters. The van der Waals surface area contributed by atoms with Crippen LogP contribution in [0, 0.1) is 5.82 Å². The standard InChI is InChI=1S/C16H18FN3O2S/c1-12(10-11-18)19-15-8-4-5-9-16(15)20(23(19,21)22)14-7-3-2-6-13(14)17/h2-9,12H,10-11,18H2,1H3. The van der Waals surface area contributed by atoms with Crippen molar-refractivity contribution in [2.75, 3.05) is 15.2 Å². The van der Waals surface area contributed by atoms with Gasteiger partial charge in [-0.2, -0.15) is 8.42 Å². The molecule has 1 aliphatic heterocycles. The summed E-state index contributed by atoms with van der Waals surface area (Å²) in [5.41, 5.74) is 6.58. The van der Waals surface area contributed by atoms with E-state index in [-0.39, 0.29) is 11.7 Å². The summed E-state index contributed by atoms with van der Waals surface area (Å²) in [6, 6.07) is 12.4. The van der Waals surface area contributed by atoms with Crippen molar-refractivity contribution in [1.29, 1.82) is 0 Å². The van der Waals surface area contributed by atoms with Gasteiger partial charge in [-0.1, -0.05) is 24.3 Å². The zero-order chi connectivity index (χ0) is 16.6. The number of rotatable bonds is 4. The molecular formula is C16H18FN3O2S. The first-order valence-electron chi connectivity index (χ1n) is 7.37. The first-order chi connectivity index (χ1) is 11.0. The van der Waals surface area contributed by atoms with Crippen molar-refractivity contribution in [2.45, 2.75) is 19.4 Å². The van der Waals surface area contributed by atoms with Crippen molar-refractivity contribution < 1.29 is 12.8 Å². The molecule has 0 spiro atoms. The van der Waals surface area contributed by atoms with E-state index in [9.17, 15) is 12.8 Å². The quantitative estimate of drug-likeness (QED) is 0.934. The number of nitrogens with zero attached hydrogens (tertiary/aromatic N) is 2. The van der Waals surface area contributed by atoms with Crippen LogP contribution in [0.1, 0.15) is 13.3 Å². The van der Waals surface area contributed by atoms with Crippen LogP contribution < -0.4 is 14.3 Å². The summed E-state index contributed by atoms with van der Waals surface area (Å²) in [5.74, 6) is -0.584. The number of para-hydroxylation sites is 3. The lowest BCUT2D eigenvalue weighted by Crippen LogP contribution is -2.42. The third-order valence-corrected chi connectivity index (χ3v) is 5.78. The van der Waals surface area contributed by atoms with Gasteiger partial charge in [-0.05, 0) is 44.2 Å². The Bertz CT molecular complexity index is 826. The van der Waals surface area contributed by atoms with E-state index in [1.807, 2.05) is 0 Å². The van der Waals surface area contributed by atoms with Gasteiger partial charge in [0.15, 0.2) is 0 Å². The summed E-state index contributed by atoms with van der Waals surface area (Å²) in [6.07, 6.45) is 0.513. The smallest absolute Gasteiger partial charge is 0.330 e. The lowest BCUT2D eigenvalue weighted by molar-refractivity contribution is 0.575. The van der Waals surface area contributed by atoms with E-state index in [1.165, 1.54) is 22.5 Å². The highest BCUT2D eigenvalue weighted by molar-refractivity contribution is 7.95. The van der Waals surface area contributed by atoms with Crippen LogP contribution in [0.15, 0.2) is 48.5 Å². The Morgan fingerprint density at radius 2 is 1.61 bits per heavy atom. The molecule has 2 N–H and O–H groups in total. The number of halogens is 1. The molecule has 23 heavy (non-hydrogen) atoms. The van der Waals surface area contributed by atoms with Gasteiger partial charge >= 0.3 is 10.2 Å². The Morgan fingerprint density at radius 1 is 1.04 bits per heavy atom. The summed E-state index contributed by atoms with van der Waals surface area (Å²) in [7, 11) is -3.91. The topological polar surface area (TPSA) is 66.6 Å². The fourth-order valence-corrected chi connectivity index (χ4v) is 4.79. The first kappa shape index (κ1) is 15.8. The molecule has 0 aromatic heterocycles. The van der Waals surface area contributed by atoms with Crippen LogP contribution in [-0.4, -0.2) is 21.0 Å². The van der Waals surface area contributed by atoms with Gasteiger partial charge in [-0.3, -0.25) is 0 Å². The molecule has 0 saturated heterocycles. The highest BCUT2D eigenvalue weighted by atomic mass is 32.2. The van der Waals surface area contributed by atoms with Crippen LogP contribution in [0.5, 0.6) is 0 Å². The predicted octanol–water partition coefficient (Wildman–Crippen LogP) is 2.77. The third-order valence-electron chi connectivity index (χ3n) is 3.87. The molecule has 122 valence electrons. The fourth-order valence-electron chi connectivity index (χ4n) is 2.85. The molecule has 0 bridgehead atoms. The molecule has 0 fully saturated rings. The molecule has 2 aromatic carbocycles. The molecule has 2 aromatic rings. The minimum absolute atomic E-state index is 0.0161. The van der Waals surface area contributed by atoms with Crippen LogP contribution in [0.2, 0.25) is 0 Å². The summed E-state index contributed by atoms with van der Waals surface area (Å²) in [5, 5.41) is 0. The van der Waals surface area contributed by atoms with E-state index in [0.29, 0.717) is 24.3 Å². The van der Waals surface area contributed by atoms with Crippen LogP contribution in [-0.2, 0) is 10.2 Å². The maximum absolute atomic E-state index is 14.2. The van der Waals surface area contributed by atoms with Gasteiger partial charge in [-0.25, -0.2) is 13.0 Å². The minimum Gasteiger partial charge on any atom is -0.330 e. The van der Waals surface area contributed by atoms with Gasteiger partial charge < -0.3 is 5.73 Å². The van der Waals surface area contributed by atoms with Gasteiger partial charge in [0.05, 0.1) is 17.1 Å². The zero-order valence-electron chi connectivity index (χ0n) is 12.7. The molecule has 0 radical (unpaired) electrons. The predicted molar refractivity (Wildman–Crippen MR) is 89.5 cm³/mol. The molecule has 0 amide bonds. The number of hydrogen-bond acceptors (Lipinski definition) is 3. The Balaban J connectivity index is 2.21. The van der Waals surface area contributed by atoms with Crippen LogP contribution in [0.4, 0.5) is 21.5 Å². The van der Waals surface area contributed by atoms with E-state index in [4.69, 9.17) is 5.73 Å². The Morgan fingerprint density at radius 3 is 2.22 bits per heavy atom. The summed E-state index contributed by atoms with van der Waals surface area (Å²) < 4.78 is 42.7. The van der Waals surface area contributed by atoms with E-state index >= 15 is 0 Å². The lowest BCUT2D eigenvalue weighted by atomic mass is 10.2. The average Bonchev–Trinajstić information content (AvgIpc) is 2.74.